The quantitative estimate of drug-likeness (QED) is 0.727. The summed E-state index contributed by atoms with van der Waals surface area (Å²) >= 11 is 0. The minimum absolute atomic E-state index is 0.0402. The lowest BCUT2D eigenvalue weighted by Gasteiger charge is -2.09. The lowest BCUT2D eigenvalue weighted by molar-refractivity contribution is -0.117. The number of nitrogens with zero attached hydrogens (tertiary/aromatic N) is 2. The summed E-state index contributed by atoms with van der Waals surface area (Å²) in [6.07, 6.45) is 3.47. The van der Waals surface area contributed by atoms with E-state index in [1.54, 1.807) is 29.1 Å². The van der Waals surface area contributed by atoms with E-state index in [2.05, 4.69) is 15.7 Å². The van der Waals surface area contributed by atoms with E-state index in [9.17, 15) is 9.59 Å². The molecule has 0 bridgehead atoms. The van der Waals surface area contributed by atoms with Gasteiger partial charge in [0.25, 0.3) is 5.91 Å². The largest absolute Gasteiger partial charge is 0.326 e. The Hall–Kier alpha value is -3.41. The number of carbonyl (C=O) groups is 2. The third-order valence-electron chi connectivity index (χ3n) is 4.59. The van der Waals surface area contributed by atoms with Crippen molar-refractivity contribution in [2.45, 2.75) is 19.8 Å². The van der Waals surface area contributed by atoms with Crippen molar-refractivity contribution in [1.29, 1.82) is 0 Å². The summed E-state index contributed by atoms with van der Waals surface area (Å²) in [4.78, 5) is 24.6. The molecule has 4 rings (SSSR count). The molecule has 1 aliphatic rings. The molecule has 136 valence electrons. The molecule has 1 heterocycles. The van der Waals surface area contributed by atoms with Crippen LogP contribution in [0, 0.1) is 12.8 Å². The predicted molar refractivity (Wildman–Crippen MR) is 104 cm³/mol. The summed E-state index contributed by atoms with van der Waals surface area (Å²) in [5.41, 5.74) is 3.48. The molecule has 0 atom stereocenters. The van der Waals surface area contributed by atoms with Gasteiger partial charge in [0.1, 0.15) is 0 Å². The minimum atomic E-state index is -0.236. The molecular formula is C21H20N4O2. The van der Waals surface area contributed by atoms with Crippen molar-refractivity contribution in [3.63, 3.8) is 0 Å². The average Bonchev–Trinajstić information content (AvgIpc) is 3.45. The van der Waals surface area contributed by atoms with Crippen LogP contribution in [0.2, 0.25) is 0 Å². The first kappa shape index (κ1) is 17.0. The number of rotatable bonds is 5. The highest BCUT2D eigenvalue weighted by atomic mass is 16.2. The van der Waals surface area contributed by atoms with E-state index in [-0.39, 0.29) is 17.7 Å². The van der Waals surface area contributed by atoms with Crippen molar-refractivity contribution in [2.75, 3.05) is 10.6 Å². The second kappa shape index (κ2) is 7.07. The Bertz CT molecular complexity index is 990. The number of amides is 2. The van der Waals surface area contributed by atoms with Gasteiger partial charge < -0.3 is 10.6 Å². The fourth-order valence-corrected chi connectivity index (χ4v) is 2.93. The van der Waals surface area contributed by atoms with Crippen molar-refractivity contribution < 1.29 is 9.59 Å². The Kier molecular flexibility index (Phi) is 4.46. The summed E-state index contributed by atoms with van der Waals surface area (Å²) in [6, 6.07) is 16.8. The van der Waals surface area contributed by atoms with Crippen LogP contribution < -0.4 is 10.6 Å². The van der Waals surface area contributed by atoms with Crippen LogP contribution in [0.3, 0.4) is 0 Å². The monoisotopic (exact) mass is 360 g/mol. The van der Waals surface area contributed by atoms with E-state index in [4.69, 9.17) is 0 Å². The first-order valence-corrected chi connectivity index (χ1v) is 8.94. The van der Waals surface area contributed by atoms with Crippen LogP contribution in [0.1, 0.15) is 28.9 Å². The van der Waals surface area contributed by atoms with Crippen LogP contribution in [0.5, 0.6) is 0 Å². The first-order chi connectivity index (χ1) is 13.1. The molecule has 1 aliphatic carbocycles. The third-order valence-corrected chi connectivity index (χ3v) is 4.59. The highest BCUT2D eigenvalue weighted by molar-refractivity contribution is 6.05. The number of para-hydroxylation sites is 1. The fourth-order valence-electron chi connectivity index (χ4n) is 2.93. The molecule has 2 amide bonds. The van der Waals surface area contributed by atoms with E-state index in [1.165, 1.54) is 0 Å². The Labute approximate surface area is 157 Å². The zero-order valence-electron chi connectivity index (χ0n) is 15.0. The molecule has 0 spiro atoms. The number of anilines is 2. The second-order valence-corrected chi connectivity index (χ2v) is 6.69. The van der Waals surface area contributed by atoms with Crippen molar-refractivity contribution in [3.05, 3.63) is 72.1 Å². The zero-order valence-corrected chi connectivity index (χ0v) is 15.0. The van der Waals surface area contributed by atoms with E-state index >= 15 is 0 Å². The van der Waals surface area contributed by atoms with Crippen molar-refractivity contribution >= 4 is 23.2 Å². The van der Waals surface area contributed by atoms with Gasteiger partial charge in [0.2, 0.25) is 5.91 Å². The van der Waals surface area contributed by atoms with Gasteiger partial charge in [0.05, 0.1) is 23.1 Å². The number of hydrogen-bond acceptors (Lipinski definition) is 3. The summed E-state index contributed by atoms with van der Waals surface area (Å²) in [5, 5.41) is 10.1. The van der Waals surface area contributed by atoms with Crippen LogP contribution in [0.4, 0.5) is 11.4 Å². The number of carbonyl (C=O) groups excluding carboxylic acids is 2. The van der Waals surface area contributed by atoms with Gasteiger partial charge in [0.15, 0.2) is 0 Å². The highest BCUT2D eigenvalue weighted by Gasteiger charge is 2.29. The molecule has 6 nitrogen and oxygen atoms in total. The topological polar surface area (TPSA) is 76.0 Å². The molecule has 3 aromatic rings. The Morgan fingerprint density at radius 1 is 1.00 bits per heavy atom. The molecule has 6 heteroatoms. The van der Waals surface area contributed by atoms with Gasteiger partial charge in [-0.15, -0.1) is 0 Å². The lowest BCUT2D eigenvalue weighted by Crippen LogP contribution is -2.15. The molecule has 1 fully saturated rings. The number of aromatic nitrogens is 2. The van der Waals surface area contributed by atoms with E-state index in [0.717, 1.165) is 24.2 Å². The van der Waals surface area contributed by atoms with Gasteiger partial charge in [-0.05, 0) is 50.1 Å². The zero-order chi connectivity index (χ0) is 18.8. The summed E-state index contributed by atoms with van der Waals surface area (Å²) < 4.78 is 1.74. The average molecular weight is 360 g/mol. The van der Waals surface area contributed by atoms with Crippen molar-refractivity contribution in [1.82, 2.24) is 9.78 Å². The normalized spacial score (nSPS) is 13.2. The minimum Gasteiger partial charge on any atom is -0.326 e. The molecule has 27 heavy (non-hydrogen) atoms. The molecule has 2 aromatic carbocycles. The van der Waals surface area contributed by atoms with Gasteiger partial charge in [-0.2, -0.15) is 5.10 Å². The molecule has 2 N–H and O–H groups in total. The SMILES string of the molecule is Cc1c(C(=O)Nc2cccc(NC(=O)C3CC3)c2)cnn1-c1ccccc1. The maximum atomic E-state index is 12.7. The Balaban J connectivity index is 1.49. The number of nitrogens with one attached hydrogen (secondary N) is 2. The van der Waals surface area contributed by atoms with Gasteiger partial charge in [-0.25, -0.2) is 4.68 Å². The molecule has 1 saturated carbocycles. The number of benzene rings is 2. The van der Waals surface area contributed by atoms with Gasteiger partial charge in [-0.1, -0.05) is 24.3 Å². The maximum Gasteiger partial charge on any atom is 0.259 e. The Morgan fingerprint density at radius 3 is 2.41 bits per heavy atom. The predicted octanol–water partition coefficient (Wildman–Crippen LogP) is 3.78. The van der Waals surface area contributed by atoms with Crippen LogP contribution in [0.25, 0.3) is 5.69 Å². The first-order valence-electron chi connectivity index (χ1n) is 8.94. The Morgan fingerprint density at radius 2 is 1.70 bits per heavy atom. The summed E-state index contributed by atoms with van der Waals surface area (Å²) in [6.45, 7) is 1.86. The summed E-state index contributed by atoms with van der Waals surface area (Å²) in [7, 11) is 0. The van der Waals surface area contributed by atoms with Crippen LogP contribution in [-0.2, 0) is 4.79 Å². The van der Waals surface area contributed by atoms with Crippen LogP contribution in [-0.4, -0.2) is 21.6 Å². The van der Waals surface area contributed by atoms with E-state index < -0.39 is 0 Å². The molecule has 0 radical (unpaired) electrons. The third kappa shape index (κ3) is 3.74. The fraction of sp³-hybridized carbons (Fsp3) is 0.190. The molecule has 0 saturated heterocycles. The van der Waals surface area contributed by atoms with Crippen LogP contribution >= 0.6 is 0 Å². The highest BCUT2D eigenvalue weighted by Crippen LogP contribution is 2.30. The van der Waals surface area contributed by atoms with Gasteiger partial charge in [-0.3, -0.25) is 9.59 Å². The molecule has 0 aliphatic heterocycles. The van der Waals surface area contributed by atoms with Gasteiger partial charge in [0, 0.05) is 17.3 Å². The maximum absolute atomic E-state index is 12.7. The van der Waals surface area contributed by atoms with Crippen molar-refractivity contribution in [2.24, 2.45) is 5.92 Å². The molecule has 1 aromatic heterocycles. The number of hydrogen-bond donors (Lipinski definition) is 2. The molecular weight excluding hydrogens is 340 g/mol. The second-order valence-electron chi connectivity index (χ2n) is 6.69. The van der Waals surface area contributed by atoms with E-state index in [0.29, 0.717) is 16.9 Å². The van der Waals surface area contributed by atoms with E-state index in [1.807, 2.05) is 43.3 Å². The molecule has 0 unspecified atom stereocenters. The lowest BCUT2D eigenvalue weighted by atomic mass is 10.2. The van der Waals surface area contributed by atoms with Crippen molar-refractivity contribution in [3.8, 4) is 5.69 Å². The van der Waals surface area contributed by atoms with Gasteiger partial charge >= 0.3 is 0 Å². The smallest absolute Gasteiger partial charge is 0.259 e. The standard InChI is InChI=1S/C21H20N4O2/c1-14-19(13-22-25(14)18-8-3-2-4-9-18)21(27)24-17-7-5-6-16(12-17)23-20(26)15-10-11-15/h2-9,12-13,15H,10-11H2,1H3,(H,23,26)(H,24,27). The van der Waals surface area contributed by atoms with Crippen LogP contribution in [0.15, 0.2) is 60.8 Å². The summed E-state index contributed by atoms with van der Waals surface area (Å²) in [5.74, 6) is -0.0615.